The van der Waals surface area contributed by atoms with Crippen LogP contribution < -0.4 is 0 Å². The fourth-order valence-electron chi connectivity index (χ4n) is 2.61. The Morgan fingerprint density at radius 2 is 1.79 bits per heavy atom. The maximum Gasteiger partial charge on any atom is 0.248 e. The average Bonchev–Trinajstić information content (AvgIpc) is 2.89. The Kier molecular flexibility index (Phi) is 3.05. The lowest BCUT2D eigenvalue weighted by Crippen LogP contribution is -2.25. The summed E-state index contributed by atoms with van der Waals surface area (Å²) in [6.45, 7) is 0. The minimum atomic E-state index is -2.51. The number of alkyl halides is 2. The lowest BCUT2D eigenvalue weighted by atomic mass is 9.86. The Bertz CT molecular complexity index is 541. The maximum atomic E-state index is 13.2. The summed E-state index contributed by atoms with van der Waals surface area (Å²) in [4.78, 5) is 0. The molecule has 0 aliphatic heterocycles. The van der Waals surface area contributed by atoms with Gasteiger partial charge in [0.2, 0.25) is 5.92 Å². The Hall–Kier alpha value is -1.78. The van der Waals surface area contributed by atoms with Gasteiger partial charge in [-0.25, -0.2) is 8.78 Å². The van der Waals surface area contributed by atoms with Gasteiger partial charge in [-0.15, -0.1) is 10.2 Å². The minimum Gasteiger partial charge on any atom is -0.285 e. The van der Waals surface area contributed by atoms with Gasteiger partial charge in [0, 0.05) is 24.4 Å². The Morgan fingerprint density at radius 3 is 2.47 bits per heavy atom. The molecule has 2 aromatic rings. The van der Waals surface area contributed by atoms with Crippen LogP contribution in [0.3, 0.4) is 0 Å². The summed E-state index contributed by atoms with van der Waals surface area (Å²) >= 11 is 0. The molecule has 1 aromatic carbocycles. The Balaban J connectivity index is 1.86. The third-order valence-electron chi connectivity index (χ3n) is 3.69. The Morgan fingerprint density at radius 1 is 1.11 bits per heavy atom. The summed E-state index contributed by atoms with van der Waals surface area (Å²) in [5.74, 6) is -1.64. The fourth-order valence-corrected chi connectivity index (χ4v) is 2.61. The average molecular weight is 263 g/mol. The van der Waals surface area contributed by atoms with Crippen LogP contribution in [0.2, 0.25) is 0 Å². The van der Waals surface area contributed by atoms with Crippen LogP contribution in [0.4, 0.5) is 8.78 Å². The van der Waals surface area contributed by atoms with Crippen LogP contribution >= 0.6 is 0 Å². The molecule has 1 saturated carbocycles. The van der Waals surface area contributed by atoms with E-state index < -0.39 is 5.92 Å². The first-order chi connectivity index (χ1) is 9.16. The van der Waals surface area contributed by atoms with Crippen molar-refractivity contribution in [3.63, 3.8) is 0 Å². The van der Waals surface area contributed by atoms with Crippen molar-refractivity contribution in [2.75, 3.05) is 0 Å². The van der Waals surface area contributed by atoms with E-state index in [2.05, 4.69) is 10.2 Å². The first kappa shape index (κ1) is 12.3. The zero-order valence-corrected chi connectivity index (χ0v) is 10.5. The lowest BCUT2D eigenvalue weighted by Gasteiger charge is -2.27. The summed E-state index contributed by atoms with van der Waals surface area (Å²) in [6, 6.07) is 9.74. The van der Waals surface area contributed by atoms with Crippen molar-refractivity contribution < 1.29 is 8.78 Å². The van der Waals surface area contributed by atoms with Gasteiger partial charge in [0.15, 0.2) is 0 Å². The van der Waals surface area contributed by atoms with Crippen molar-refractivity contribution in [3.8, 4) is 5.69 Å². The van der Waals surface area contributed by atoms with E-state index in [0.717, 1.165) is 11.5 Å². The number of hydrogen-bond acceptors (Lipinski definition) is 2. The van der Waals surface area contributed by atoms with E-state index in [1.54, 1.807) is 6.33 Å². The zero-order chi connectivity index (χ0) is 13.3. The Labute approximate surface area is 110 Å². The topological polar surface area (TPSA) is 30.7 Å². The van der Waals surface area contributed by atoms with Crippen LogP contribution in [-0.2, 0) is 0 Å². The smallest absolute Gasteiger partial charge is 0.248 e. The molecule has 1 aromatic heterocycles. The molecule has 3 nitrogen and oxygen atoms in total. The molecule has 19 heavy (non-hydrogen) atoms. The molecule has 1 aliphatic carbocycles. The van der Waals surface area contributed by atoms with Crippen LogP contribution in [0.15, 0.2) is 36.7 Å². The first-order valence-corrected chi connectivity index (χ1v) is 6.49. The highest BCUT2D eigenvalue weighted by Gasteiger charge is 2.36. The summed E-state index contributed by atoms with van der Waals surface area (Å²) in [7, 11) is 0. The predicted molar refractivity (Wildman–Crippen MR) is 67.5 cm³/mol. The number of nitrogens with zero attached hydrogens (tertiary/aromatic N) is 3. The second-order valence-electron chi connectivity index (χ2n) is 5.02. The molecule has 0 amide bonds. The molecule has 0 bridgehead atoms. The summed E-state index contributed by atoms with van der Waals surface area (Å²) < 4.78 is 28.3. The molecule has 0 unspecified atom stereocenters. The van der Waals surface area contributed by atoms with E-state index in [-0.39, 0.29) is 18.8 Å². The van der Waals surface area contributed by atoms with Gasteiger partial charge in [0.1, 0.15) is 12.2 Å². The van der Waals surface area contributed by atoms with Crippen LogP contribution in [0.1, 0.15) is 37.4 Å². The molecule has 100 valence electrons. The number of hydrogen-bond donors (Lipinski definition) is 0. The van der Waals surface area contributed by atoms with Gasteiger partial charge >= 0.3 is 0 Å². The second-order valence-corrected chi connectivity index (χ2v) is 5.02. The summed E-state index contributed by atoms with van der Waals surface area (Å²) in [6.07, 6.45) is 2.48. The van der Waals surface area contributed by atoms with Crippen LogP contribution in [-0.4, -0.2) is 20.7 Å². The number of rotatable bonds is 2. The molecular formula is C14H15F2N3. The molecule has 0 saturated heterocycles. The third-order valence-corrected chi connectivity index (χ3v) is 3.69. The molecule has 1 heterocycles. The molecule has 1 aliphatic rings. The van der Waals surface area contributed by atoms with Gasteiger partial charge in [-0.3, -0.25) is 4.57 Å². The van der Waals surface area contributed by atoms with Gasteiger partial charge in [0.25, 0.3) is 0 Å². The first-order valence-electron chi connectivity index (χ1n) is 6.49. The van der Waals surface area contributed by atoms with E-state index >= 15 is 0 Å². The van der Waals surface area contributed by atoms with E-state index in [1.807, 2.05) is 34.9 Å². The van der Waals surface area contributed by atoms with Crippen molar-refractivity contribution in [2.24, 2.45) is 0 Å². The largest absolute Gasteiger partial charge is 0.285 e. The summed E-state index contributed by atoms with van der Waals surface area (Å²) in [5.41, 5.74) is 0.972. The molecule has 0 spiro atoms. The van der Waals surface area contributed by atoms with Crippen molar-refractivity contribution in [1.82, 2.24) is 14.8 Å². The van der Waals surface area contributed by atoms with E-state index in [0.29, 0.717) is 12.8 Å². The molecule has 0 atom stereocenters. The summed E-state index contributed by atoms with van der Waals surface area (Å²) in [5, 5.41) is 8.07. The van der Waals surface area contributed by atoms with E-state index in [1.165, 1.54) is 0 Å². The number of halogens is 2. The second kappa shape index (κ2) is 4.72. The fraction of sp³-hybridized carbons (Fsp3) is 0.429. The molecule has 1 fully saturated rings. The van der Waals surface area contributed by atoms with E-state index in [9.17, 15) is 8.78 Å². The standard InChI is InChI=1S/C14H15F2N3/c15-14(16)8-6-11(7-9-14)13-18-17-10-19(13)12-4-2-1-3-5-12/h1-5,10-11H,6-9H2. The van der Waals surface area contributed by atoms with Crippen molar-refractivity contribution in [1.29, 1.82) is 0 Å². The molecule has 3 rings (SSSR count). The molecule has 0 radical (unpaired) electrons. The maximum absolute atomic E-state index is 13.2. The highest BCUT2D eigenvalue weighted by molar-refractivity contribution is 5.32. The molecule has 0 N–H and O–H groups in total. The third kappa shape index (κ3) is 2.50. The molecular weight excluding hydrogens is 248 g/mol. The number of benzene rings is 1. The van der Waals surface area contributed by atoms with Gasteiger partial charge in [-0.1, -0.05) is 18.2 Å². The molecule has 5 heteroatoms. The van der Waals surface area contributed by atoms with Gasteiger partial charge in [0.05, 0.1) is 0 Å². The number of para-hydroxylation sites is 1. The highest BCUT2D eigenvalue weighted by Crippen LogP contribution is 2.40. The van der Waals surface area contributed by atoms with Gasteiger partial charge in [-0.2, -0.15) is 0 Å². The number of aromatic nitrogens is 3. The normalized spacial score (nSPS) is 19.5. The van der Waals surface area contributed by atoms with Crippen molar-refractivity contribution in [3.05, 3.63) is 42.5 Å². The van der Waals surface area contributed by atoms with Gasteiger partial charge in [-0.05, 0) is 25.0 Å². The van der Waals surface area contributed by atoms with Crippen LogP contribution in [0.5, 0.6) is 0 Å². The zero-order valence-electron chi connectivity index (χ0n) is 10.5. The van der Waals surface area contributed by atoms with Crippen LogP contribution in [0, 0.1) is 0 Å². The van der Waals surface area contributed by atoms with Crippen LogP contribution in [0.25, 0.3) is 5.69 Å². The van der Waals surface area contributed by atoms with Crippen molar-refractivity contribution in [2.45, 2.75) is 37.5 Å². The SMILES string of the molecule is FC1(F)CCC(c2nncn2-c2ccccc2)CC1. The monoisotopic (exact) mass is 263 g/mol. The lowest BCUT2D eigenvalue weighted by molar-refractivity contribution is -0.0388. The quantitative estimate of drug-likeness (QED) is 0.829. The van der Waals surface area contributed by atoms with Gasteiger partial charge < -0.3 is 0 Å². The highest BCUT2D eigenvalue weighted by atomic mass is 19.3. The minimum absolute atomic E-state index is 0.0562. The van der Waals surface area contributed by atoms with E-state index in [4.69, 9.17) is 0 Å². The van der Waals surface area contributed by atoms with Crippen molar-refractivity contribution >= 4 is 0 Å². The predicted octanol–water partition coefficient (Wildman–Crippen LogP) is 3.56.